The van der Waals surface area contributed by atoms with Crippen LogP contribution in [-0.2, 0) is 7.05 Å². The Morgan fingerprint density at radius 3 is 2.50 bits per heavy atom. The van der Waals surface area contributed by atoms with Crippen LogP contribution in [0.5, 0.6) is 0 Å². The first-order chi connectivity index (χ1) is 6.83. The molecular weight excluding hydrogens is 192 g/mol. The van der Waals surface area contributed by atoms with E-state index in [1.807, 2.05) is 37.7 Å². The van der Waals surface area contributed by atoms with Crippen LogP contribution in [0.15, 0.2) is 41.7 Å². The average molecular weight is 204 g/mol. The zero-order valence-electron chi connectivity index (χ0n) is 8.27. The van der Waals surface area contributed by atoms with Gasteiger partial charge in [-0.3, -0.25) is 0 Å². The van der Waals surface area contributed by atoms with Crippen molar-refractivity contribution in [3.63, 3.8) is 0 Å². The van der Waals surface area contributed by atoms with Gasteiger partial charge in [0.2, 0.25) is 0 Å². The van der Waals surface area contributed by atoms with Gasteiger partial charge >= 0.3 is 0 Å². The van der Waals surface area contributed by atoms with Gasteiger partial charge in [-0.05, 0) is 11.8 Å². The number of rotatable bonds is 2. The molecule has 0 atom stereocenters. The minimum Gasteiger partial charge on any atom is -0.322 e. The molecule has 1 aromatic heterocycles. The van der Waals surface area contributed by atoms with Crippen molar-refractivity contribution < 1.29 is 0 Å². The predicted octanol–water partition coefficient (Wildman–Crippen LogP) is 2.81. The number of benzene rings is 1. The molecule has 0 unspecified atom stereocenters. The van der Waals surface area contributed by atoms with Crippen LogP contribution in [0.4, 0.5) is 0 Å². The Morgan fingerprint density at radius 2 is 1.93 bits per heavy atom. The van der Waals surface area contributed by atoms with E-state index in [1.54, 1.807) is 11.8 Å². The van der Waals surface area contributed by atoms with E-state index < -0.39 is 0 Å². The molecule has 0 saturated heterocycles. The molecule has 0 aliphatic heterocycles. The van der Waals surface area contributed by atoms with Crippen molar-refractivity contribution in [3.8, 4) is 11.3 Å². The van der Waals surface area contributed by atoms with E-state index in [0.29, 0.717) is 0 Å². The van der Waals surface area contributed by atoms with Crippen molar-refractivity contribution in [2.75, 3.05) is 6.26 Å². The van der Waals surface area contributed by atoms with E-state index >= 15 is 0 Å². The molecule has 0 amide bonds. The van der Waals surface area contributed by atoms with E-state index in [4.69, 9.17) is 0 Å². The van der Waals surface area contributed by atoms with Crippen molar-refractivity contribution in [2.45, 2.75) is 5.16 Å². The lowest BCUT2D eigenvalue weighted by atomic mass is 10.2. The summed E-state index contributed by atoms with van der Waals surface area (Å²) in [5.74, 6) is 0. The quantitative estimate of drug-likeness (QED) is 0.700. The fourth-order valence-electron chi connectivity index (χ4n) is 1.46. The second-order valence-electron chi connectivity index (χ2n) is 3.06. The average Bonchev–Trinajstić information content (AvgIpc) is 2.61. The zero-order chi connectivity index (χ0) is 9.97. The zero-order valence-corrected chi connectivity index (χ0v) is 9.08. The van der Waals surface area contributed by atoms with Crippen molar-refractivity contribution in [1.29, 1.82) is 0 Å². The molecule has 0 bridgehead atoms. The summed E-state index contributed by atoms with van der Waals surface area (Å²) in [6.45, 7) is 0. The van der Waals surface area contributed by atoms with Crippen LogP contribution in [0.2, 0.25) is 0 Å². The monoisotopic (exact) mass is 204 g/mol. The summed E-state index contributed by atoms with van der Waals surface area (Å²) in [6, 6.07) is 10.3. The highest BCUT2D eigenvalue weighted by molar-refractivity contribution is 7.98. The van der Waals surface area contributed by atoms with Gasteiger partial charge in [0.15, 0.2) is 5.16 Å². The normalized spacial score (nSPS) is 10.4. The van der Waals surface area contributed by atoms with Crippen LogP contribution in [0.3, 0.4) is 0 Å². The maximum Gasteiger partial charge on any atom is 0.167 e. The second-order valence-corrected chi connectivity index (χ2v) is 3.83. The summed E-state index contributed by atoms with van der Waals surface area (Å²) >= 11 is 1.66. The van der Waals surface area contributed by atoms with Gasteiger partial charge in [-0.15, -0.1) is 0 Å². The highest BCUT2D eigenvalue weighted by atomic mass is 32.2. The fraction of sp³-hybridized carbons (Fsp3) is 0.182. The first-order valence-electron chi connectivity index (χ1n) is 4.44. The smallest absolute Gasteiger partial charge is 0.167 e. The van der Waals surface area contributed by atoms with Gasteiger partial charge in [-0.1, -0.05) is 42.1 Å². The summed E-state index contributed by atoms with van der Waals surface area (Å²) in [6.07, 6.45) is 3.96. The molecule has 0 N–H and O–H groups in total. The summed E-state index contributed by atoms with van der Waals surface area (Å²) in [5.41, 5.74) is 2.37. The first-order valence-corrected chi connectivity index (χ1v) is 5.66. The van der Waals surface area contributed by atoms with Gasteiger partial charge in [0.05, 0.1) is 11.9 Å². The van der Waals surface area contributed by atoms with Crippen LogP contribution >= 0.6 is 11.8 Å². The summed E-state index contributed by atoms with van der Waals surface area (Å²) in [7, 11) is 2.04. The van der Waals surface area contributed by atoms with Crippen molar-refractivity contribution in [3.05, 3.63) is 36.5 Å². The predicted molar refractivity (Wildman–Crippen MR) is 60.4 cm³/mol. The van der Waals surface area contributed by atoms with Crippen molar-refractivity contribution >= 4 is 11.8 Å². The van der Waals surface area contributed by atoms with Crippen LogP contribution in [-0.4, -0.2) is 15.8 Å². The molecule has 2 aromatic rings. The molecule has 14 heavy (non-hydrogen) atoms. The molecule has 0 saturated carbocycles. The molecular formula is C11H12N2S. The Bertz CT molecular complexity index is 420. The molecule has 72 valence electrons. The van der Waals surface area contributed by atoms with Gasteiger partial charge in [0, 0.05) is 7.05 Å². The second kappa shape index (κ2) is 3.88. The number of hydrogen-bond acceptors (Lipinski definition) is 2. The Labute approximate surface area is 88.0 Å². The molecule has 1 heterocycles. The number of imidazole rings is 1. The third kappa shape index (κ3) is 1.55. The first kappa shape index (κ1) is 9.34. The molecule has 1 aromatic carbocycles. The third-order valence-electron chi connectivity index (χ3n) is 2.20. The van der Waals surface area contributed by atoms with Gasteiger partial charge in [-0.2, -0.15) is 0 Å². The fourth-order valence-corrected chi connectivity index (χ4v) is 1.99. The third-order valence-corrected chi connectivity index (χ3v) is 2.94. The number of thioether (sulfide) groups is 1. The molecule has 2 rings (SSSR count). The maximum absolute atomic E-state index is 4.34. The van der Waals surface area contributed by atoms with E-state index in [-0.39, 0.29) is 0 Å². The highest BCUT2D eigenvalue weighted by Crippen LogP contribution is 2.22. The van der Waals surface area contributed by atoms with Gasteiger partial charge in [-0.25, -0.2) is 4.98 Å². The van der Waals surface area contributed by atoms with Gasteiger partial charge < -0.3 is 4.57 Å². The van der Waals surface area contributed by atoms with E-state index in [1.165, 1.54) is 5.56 Å². The van der Waals surface area contributed by atoms with Crippen molar-refractivity contribution in [1.82, 2.24) is 9.55 Å². The Balaban J connectivity index is 2.48. The summed E-state index contributed by atoms with van der Waals surface area (Å²) in [5, 5.41) is 1.05. The number of hydrogen-bond donors (Lipinski definition) is 0. The molecule has 3 heteroatoms. The highest BCUT2D eigenvalue weighted by Gasteiger charge is 2.06. The van der Waals surface area contributed by atoms with Crippen LogP contribution < -0.4 is 0 Å². The minimum absolute atomic E-state index is 1.05. The summed E-state index contributed by atoms with van der Waals surface area (Å²) in [4.78, 5) is 4.34. The summed E-state index contributed by atoms with van der Waals surface area (Å²) < 4.78 is 2.11. The lowest BCUT2D eigenvalue weighted by molar-refractivity contribution is 0.798. The largest absolute Gasteiger partial charge is 0.322 e. The van der Waals surface area contributed by atoms with Gasteiger partial charge in [0.1, 0.15) is 0 Å². The molecule has 0 radical (unpaired) electrons. The Morgan fingerprint density at radius 1 is 1.21 bits per heavy atom. The molecule has 2 nitrogen and oxygen atoms in total. The van der Waals surface area contributed by atoms with Crippen LogP contribution in [0.25, 0.3) is 11.3 Å². The number of nitrogens with zero attached hydrogens (tertiary/aromatic N) is 2. The Kier molecular flexibility index (Phi) is 2.59. The standard InChI is InChI=1S/C11H12N2S/c1-13-10(8-12-11(13)14-2)9-6-4-3-5-7-9/h3-8H,1-2H3. The minimum atomic E-state index is 1.05. The molecule has 0 aliphatic rings. The maximum atomic E-state index is 4.34. The lowest BCUT2D eigenvalue weighted by Gasteiger charge is -2.03. The lowest BCUT2D eigenvalue weighted by Crippen LogP contribution is -1.92. The molecule has 0 spiro atoms. The van der Waals surface area contributed by atoms with E-state index in [9.17, 15) is 0 Å². The van der Waals surface area contributed by atoms with Gasteiger partial charge in [0.25, 0.3) is 0 Å². The van der Waals surface area contributed by atoms with E-state index in [0.717, 1.165) is 10.9 Å². The molecule has 0 fully saturated rings. The van der Waals surface area contributed by atoms with E-state index in [2.05, 4.69) is 21.7 Å². The SMILES string of the molecule is CSc1ncc(-c2ccccc2)n1C. The molecule has 0 aliphatic carbocycles. The Hall–Kier alpha value is -1.22. The van der Waals surface area contributed by atoms with Crippen molar-refractivity contribution in [2.24, 2.45) is 7.05 Å². The number of aromatic nitrogens is 2. The topological polar surface area (TPSA) is 17.8 Å². The van der Waals surface area contributed by atoms with Crippen LogP contribution in [0, 0.1) is 0 Å². The van der Waals surface area contributed by atoms with Crippen LogP contribution in [0.1, 0.15) is 0 Å².